The number of aromatic nitrogens is 12. The fourth-order valence-electron chi connectivity index (χ4n) is 6.70. The normalized spacial score (nSPS) is 10.2. The zero-order valence-electron chi connectivity index (χ0n) is 43.2. The van der Waals surface area contributed by atoms with Crippen LogP contribution in [0.3, 0.4) is 0 Å². The van der Waals surface area contributed by atoms with Crippen molar-refractivity contribution in [2.24, 2.45) is 5.73 Å². The summed E-state index contributed by atoms with van der Waals surface area (Å²) in [5.41, 5.74) is 39.3. The van der Waals surface area contributed by atoms with Gasteiger partial charge in [0.25, 0.3) is 17.6 Å². The average molecular weight is 1420 g/mol. The summed E-state index contributed by atoms with van der Waals surface area (Å²) in [6.07, 6.45) is 1.25. The number of nitrogens with zero attached hydrogens (tertiary/aromatic N) is 12. The van der Waals surface area contributed by atoms with Crippen molar-refractivity contribution in [3.63, 3.8) is 0 Å². The summed E-state index contributed by atoms with van der Waals surface area (Å²) in [6, 6.07) is 29.8. The fraction of sp³-hybridized carbons (Fsp3) is 0.0408. The zero-order chi connectivity index (χ0) is 63.0. The second-order valence-electron chi connectivity index (χ2n) is 16.6. The van der Waals surface area contributed by atoms with Crippen LogP contribution in [0.15, 0.2) is 118 Å². The Labute approximate surface area is 530 Å². The number of nitriles is 1. The van der Waals surface area contributed by atoms with Crippen molar-refractivity contribution in [3.8, 4) is 17.3 Å². The first-order valence-electron chi connectivity index (χ1n) is 23.1. The van der Waals surface area contributed by atoms with Crippen LogP contribution in [0.5, 0.6) is 0 Å². The van der Waals surface area contributed by atoms with E-state index in [0.717, 1.165) is 26.7 Å². The minimum Gasteiger partial charge on any atom is -0.423 e. The Hall–Kier alpha value is -8.12. The number of anilines is 5. The molecule has 0 atom stereocenters. The first-order valence-corrected chi connectivity index (χ1v) is 27.3. The van der Waals surface area contributed by atoms with Crippen molar-refractivity contribution in [1.82, 2.24) is 50.5 Å². The maximum Gasteiger partial charge on any atom is 0.489 e. The maximum absolute atomic E-state index is 11.3. The van der Waals surface area contributed by atoms with Crippen LogP contribution in [-0.2, 0) is 0 Å². The molecule has 16 N–H and O–H groups in total. The lowest BCUT2D eigenvalue weighted by molar-refractivity contribution is -0.535. The van der Waals surface area contributed by atoms with Gasteiger partial charge in [-0.2, -0.15) is 5.26 Å². The highest BCUT2D eigenvalue weighted by Crippen LogP contribution is 2.36. The number of H-pyrrole nitrogens is 2. The number of aromatic amines is 2. The summed E-state index contributed by atoms with van der Waals surface area (Å²) in [5, 5.41) is 58.3. The minimum absolute atomic E-state index is 0.0471. The second-order valence-corrected chi connectivity index (χ2v) is 21.2. The average Bonchev–Trinajstić information content (AvgIpc) is 2.71. The lowest BCUT2D eigenvalue weighted by Gasteiger charge is -2.09. The lowest BCUT2D eigenvalue weighted by Crippen LogP contribution is -2.30. The van der Waals surface area contributed by atoms with E-state index >= 15 is 0 Å². The first kappa shape index (κ1) is 67.7. The Morgan fingerprint density at radius 2 is 1.01 bits per heavy atom. The SMILES string of the molecule is Cc1ccc(Cl)c(-c2cc3nnc(N)nc3cc2Cl)c1.Cc1ccc(Cl)c(B(O)O)c1.N#CN.Nc1cc(Cl)ccc1[N+](=O)[O-].Nc1nc2cc(Cl)c(Br)cc2[n+](=O)[nH]1.Nc1nc2cc(Cl)ccc2[n+](=O)[nH]1.Nc1nnc2cc(Br)c(Cl)cc2n1. The van der Waals surface area contributed by atoms with Gasteiger partial charge in [0, 0.05) is 63.8 Å². The molecule has 0 radical (unpaired) electrons. The van der Waals surface area contributed by atoms with E-state index in [0.29, 0.717) is 98.3 Å². The molecule has 0 spiro atoms. The zero-order valence-corrected chi connectivity index (χ0v) is 51.7. The summed E-state index contributed by atoms with van der Waals surface area (Å²) >= 11 is 47.7. The molecule has 436 valence electrons. The number of halogens is 9. The van der Waals surface area contributed by atoms with Crippen molar-refractivity contribution in [2.45, 2.75) is 13.8 Å². The van der Waals surface area contributed by atoms with Gasteiger partial charge >= 0.3 is 18.2 Å². The molecular formula is C49H40BBr2Cl7N20O6+2. The number of hydrogen-bond acceptors (Lipinski definition) is 21. The smallest absolute Gasteiger partial charge is 0.423 e. The first-order chi connectivity index (χ1) is 40.1. The van der Waals surface area contributed by atoms with Crippen LogP contribution in [0.4, 0.5) is 35.2 Å². The van der Waals surface area contributed by atoms with Crippen molar-refractivity contribution in [1.29, 1.82) is 5.26 Å². The topological polar surface area (TPSA) is 444 Å². The van der Waals surface area contributed by atoms with Crippen LogP contribution in [0.2, 0.25) is 35.2 Å². The van der Waals surface area contributed by atoms with Crippen LogP contribution < -0.4 is 48.9 Å². The van der Waals surface area contributed by atoms with E-state index in [-0.39, 0.29) is 35.2 Å². The Kier molecular flexibility index (Phi) is 24.8. The third kappa shape index (κ3) is 19.5. The molecular weight excluding hydrogens is 1380 g/mol. The Morgan fingerprint density at radius 1 is 0.553 bits per heavy atom. The molecule has 0 bridgehead atoms. The van der Waals surface area contributed by atoms with Gasteiger partial charge in [-0.1, -0.05) is 121 Å². The lowest BCUT2D eigenvalue weighted by atomic mass is 9.79. The maximum atomic E-state index is 11.3. The second kappa shape index (κ2) is 31.1. The van der Waals surface area contributed by atoms with Crippen molar-refractivity contribution in [3.05, 3.63) is 184 Å². The molecule has 4 heterocycles. The molecule has 0 aliphatic rings. The number of nitro groups is 1. The van der Waals surface area contributed by atoms with Crippen molar-refractivity contribution >= 4 is 205 Å². The highest BCUT2D eigenvalue weighted by atomic mass is 79.9. The third-order valence-electron chi connectivity index (χ3n) is 10.4. The molecule has 0 fully saturated rings. The van der Waals surface area contributed by atoms with Crippen molar-refractivity contribution in [2.75, 3.05) is 28.7 Å². The van der Waals surface area contributed by atoms with E-state index in [1.807, 2.05) is 44.2 Å². The van der Waals surface area contributed by atoms with Crippen LogP contribution in [0, 0.1) is 45.2 Å². The number of hydrogen-bond donors (Lipinski definition) is 10. The number of rotatable bonds is 3. The fourth-order valence-corrected chi connectivity index (χ4v) is 8.72. The highest BCUT2D eigenvalue weighted by Gasteiger charge is 2.16. The standard InChI is InChI=1S/C14H10Cl2N4.C7H8BClO2.C7H5BrClN4O.C7H4BrClN4.C7H6ClN4O.C6H5ClN2O2.CH2N2/c1-7-2-3-10(15)8(4-7)9-5-13-12(6-11(9)16)18-14(17)20-19-13;1-5-2-3-7(9)6(4-5)8(10)11;8-3-1-6-5(2-4(3)9)11-7(10)12-13(6)14;8-3-1-6-5(2-4(3)9)11-7(10)13-12-6;8-4-1-2-6-5(3-4)10-7(9)11-12(6)13;7-4-1-2-6(9(10)11)5(8)3-4;2-1-3/h2-6H,1H3,(H2,17,18,20);2-4,10-11H,1H3;1-2H,(H3,10,11,12,14);1-2H,(H2,10,11,13);1-3H,(H3,9,10,11,13);1-3H,8H2;2H2/q;;+1;;+1;;. The van der Waals surface area contributed by atoms with E-state index in [1.54, 1.807) is 60.7 Å². The largest absolute Gasteiger partial charge is 0.489 e. The van der Waals surface area contributed by atoms with Gasteiger partial charge in [-0.05, 0) is 119 Å². The summed E-state index contributed by atoms with van der Waals surface area (Å²) in [7, 11) is -1.48. The number of nitrogen functional groups attached to an aromatic ring is 5. The Balaban J connectivity index is 0.000000187. The molecule has 4 aromatic heterocycles. The molecule has 11 aromatic rings. The number of aryl methyl sites for hydroxylation is 2. The number of nitro benzene ring substituents is 1. The Morgan fingerprint density at radius 3 is 1.55 bits per heavy atom. The van der Waals surface area contributed by atoms with Gasteiger partial charge < -0.3 is 44.5 Å². The van der Waals surface area contributed by atoms with Gasteiger partial charge in [0.1, 0.15) is 27.8 Å². The van der Waals surface area contributed by atoms with Gasteiger partial charge in [-0.3, -0.25) is 10.1 Å². The number of fused-ring (bicyclic) bond motifs is 4. The van der Waals surface area contributed by atoms with Crippen molar-refractivity contribution < 1.29 is 24.1 Å². The van der Waals surface area contributed by atoms with Crippen LogP contribution in [-0.4, -0.2) is 72.6 Å². The highest BCUT2D eigenvalue weighted by molar-refractivity contribution is 9.10. The number of benzene rings is 7. The molecule has 0 aliphatic heterocycles. The molecule has 0 saturated carbocycles. The molecule has 36 heteroatoms. The van der Waals surface area contributed by atoms with Crippen LogP contribution in [0.25, 0.3) is 55.3 Å². The van der Waals surface area contributed by atoms with Gasteiger partial charge in [-0.25, -0.2) is 19.9 Å². The van der Waals surface area contributed by atoms with E-state index in [2.05, 4.69) is 88.1 Å². The predicted octanol–water partition coefficient (Wildman–Crippen LogP) is 9.69. The molecule has 0 amide bonds. The van der Waals surface area contributed by atoms with Crippen LogP contribution >= 0.6 is 113 Å². The number of nitrogens with two attached hydrogens (primary N) is 6. The van der Waals surface area contributed by atoms with E-state index < -0.39 is 12.0 Å². The molecule has 0 unspecified atom stereocenters. The van der Waals surface area contributed by atoms with Gasteiger partial charge in [-0.15, -0.1) is 20.4 Å². The van der Waals surface area contributed by atoms with Gasteiger partial charge in [0.2, 0.25) is 11.9 Å². The Bertz CT molecular complexity index is 4440. The molecule has 11 rings (SSSR count). The predicted molar refractivity (Wildman–Crippen MR) is 340 cm³/mol. The van der Waals surface area contributed by atoms with E-state index in [4.69, 9.17) is 125 Å². The molecule has 85 heavy (non-hydrogen) atoms. The molecule has 7 aromatic carbocycles. The van der Waals surface area contributed by atoms with Gasteiger partial charge in [0.05, 0.1) is 40.8 Å². The summed E-state index contributed by atoms with van der Waals surface area (Å²) < 4.78 is 2.49. The molecule has 26 nitrogen and oxygen atoms in total. The summed E-state index contributed by atoms with van der Waals surface area (Å²) in [5.74, 6) is 0.372. The van der Waals surface area contributed by atoms with E-state index in [9.17, 15) is 19.9 Å². The number of nitrogens with one attached hydrogen (secondary N) is 2. The van der Waals surface area contributed by atoms with Gasteiger partial charge in [0.15, 0.2) is 15.3 Å². The quantitative estimate of drug-likeness (QED) is 0.0149. The molecule has 0 saturated heterocycles. The summed E-state index contributed by atoms with van der Waals surface area (Å²) in [6.45, 7) is 3.86. The minimum atomic E-state index is -1.48. The van der Waals surface area contributed by atoms with Crippen LogP contribution in [0.1, 0.15) is 11.1 Å². The third-order valence-corrected chi connectivity index (χ3v) is 14.3. The van der Waals surface area contributed by atoms with E-state index in [1.165, 1.54) is 24.4 Å². The summed E-state index contributed by atoms with van der Waals surface area (Å²) in [4.78, 5) is 48.1. The monoisotopic (exact) mass is 1420 g/mol. The molecule has 0 aliphatic carbocycles.